The standard InChI is InChI=1S/C17H20BrN3O2S/c1-11-6-5-7-12(2)21(11)15(22)10-24-17-20-19-16(23-17)13-8-3-4-9-14(13)18/h3-4,8-9,11-12H,5-7,10H2,1-2H3/t11-,12-/m1/s1. The molecule has 0 radical (unpaired) electrons. The van der Waals surface area contributed by atoms with Crippen LogP contribution >= 0.6 is 27.7 Å². The van der Waals surface area contributed by atoms with Crippen molar-refractivity contribution in [3.8, 4) is 11.5 Å². The third-order valence-corrected chi connectivity index (χ3v) is 5.81. The Morgan fingerprint density at radius 3 is 2.71 bits per heavy atom. The molecule has 1 aliphatic rings. The number of carbonyl (C=O) groups excluding carboxylic acids is 1. The average Bonchev–Trinajstić information content (AvgIpc) is 3.02. The largest absolute Gasteiger partial charge is 0.411 e. The molecule has 1 aromatic carbocycles. The summed E-state index contributed by atoms with van der Waals surface area (Å²) in [5, 5.41) is 8.54. The predicted octanol–water partition coefficient (Wildman–Crippen LogP) is 4.38. The zero-order valence-corrected chi connectivity index (χ0v) is 16.1. The highest BCUT2D eigenvalue weighted by Crippen LogP contribution is 2.29. The van der Waals surface area contributed by atoms with Gasteiger partial charge in [-0.25, -0.2) is 0 Å². The van der Waals surface area contributed by atoms with Gasteiger partial charge in [0.25, 0.3) is 5.22 Å². The van der Waals surface area contributed by atoms with E-state index >= 15 is 0 Å². The Labute approximate surface area is 154 Å². The predicted molar refractivity (Wildman–Crippen MR) is 97.8 cm³/mol. The van der Waals surface area contributed by atoms with Gasteiger partial charge >= 0.3 is 0 Å². The first kappa shape index (κ1) is 17.5. The van der Waals surface area contributed by atoms with Gasteiger partial charge in [0.2, 0.25) is 11.8 Å². The summed E-state index contributed by atoms with van der Waals surface area (Å²) in [6.07, 6.45) is 3.35. The van der Waals surface area contributed by atoms with Crippen LogP contribution in [0.25, 0.3) is 11.5 Å². The second-order valence-corrected chi connectivity index (χ2v) is 7.85. The molecule has 2 atom stereocenters. The van der Waals surface area contributed by atoms with E-state index in [9.17, 15) is 4.79 Å². The van der Waals surface area contributed by atoms with Crippen LogP contribution < -0.4 is 0 Å². The summed E-state index contributed by atoms with van der Waals surface area (Å²) in [7, 11) is 0. The maximum Gasteiger partial charge on any atom is 0.277 e. The van der Waals surface area contributed by atoms with Crippen molar-refractivity contribution in [2.24, 2.45) is 0 Å². The molecule has 0 spiro atoms. The Kier molecular flexibility index (Phi) is 5.61. The van der Waals surface area contributed by atoms with Crippen molar-refractivity contribution in [1.82, 2.24) is 15.1 Å². The van der Waals surface area contributed by atoms with Gasteiger partial charge in [-0.05, 0) is 61.2 Å². The fraction of sp³-hybridized carbons (Fsp3) is 0.471. The monoisotopic (exact) mass is 409 g/mol. The first-order valence-corrected chi connectivity index (χ1v) is 9.86. The van der Waals surface area contributed by atoms with E-state index in [1.165, 1.54) is 18.2 Å². The highest BCUT2D eigenvalue weighted by atomic mass is 79.9. The molecule has 0 N–H and O–H groups in total. The second-order valence-electron chi connectivity index (χ2n) is 6.07. The molecule has 0 aliphatic carbocycles. The van der Waals surface area contributed by atoms with E-state index in [0.717, 1.165) is 22.9 Å². The first-order chi connectivity index (χ1) is 11.6. The van der Waals surface area contributed by atoms with Gasteiger partial charge in [-0.1, -0.05) is 23.9 Å². The summed E-state index contributed by atoms with van der Waals surface area (Å²) < 4.78 is 6.58. The van der Waals surface area contributed by atoms with Crippen LogP contribution in [-0.4, -0.2) is 38.8 Å². The van der Waals surface area contributed by atoms with Crippen LogP contribution in [0.5, 0.6) is 0 Å². The minimum absolute atomic E-state index is 0.139. The minimum Gasteiger partial charge on any atom is -0.411 e. The Hall–Kier alpha value is -1.34. The van der Waals surface area contributed by atoms with Crippen LogP contribution in [0.2, 0.25) is 0 Å². The minimum atomic E-state index is 0.139. The third-order valence-electron chi connectivity index (χ3n) is 4.31. The van der Waals surface area contributed by atoms with Gasteiger partial charge in [0, 0.05) is 16.6 Å². The Bertz CT molecular complexity index is 711. The van der Waals surface area contributed by atoms with Crippen LogP contribution in [0.1, 0.15) is 33.1 Å². The molecular formula is C17H20BrN3O2S. The van der Waals surface area contributed by atoms with E-state index in [0.29, 0.717) is 29.0 Å². The number of halogens is 1. The molecule has 0 bridgehead atoms. The summed E-state index contributed by atoms with van der Waals surface area (Å²) in [6, 6.07) is 8.29. The highest BCUT2D eigenvalue weighted by Gasteiger charge is 2.29. The maximum atomic E-state index is 12.5. The Morgan fingerprint density at radius 1 is 1.29 bits per heavy atom. The Balaban J connectivity index is 1.63. The number of hydrogen-bond acceptors (Lipinski definition) is 5. The van der Waals surface area contributed by atoms with E-state index in [2.05, 4.69) is 40.0 Å². The summed E-state index contributed by atoms with van der Waals surface area (Å²) in [4.78, 5) is 14.5. The number of aromatic nitrogens is 2. The summed E-state index contributed by atoms with van der Waals surface area (Å²) >= 11 is 4.78. The molecule has 0 saturated carbocycles. The van der Waals surface area contributed by atoms with Crippen LogP contribution in [0, 0.1) is 0 Å². The van der Waals surface area contributed by atoms with Crippen LogP contribution in [0.3, 0.4) is 0 Å². The molecular weight excluding hydrogens is 390 g/mol. The average molecular weight is 410 g/mol. The van der Waals surface area contributed by atoms with E-state index < -0.39 is 0 Å². The van der Waals surface area contributed by atoms with Crippen molar-refractivity contribution in [3.05, 3.63) is 28.7 Å². The number of piperidine rings is 1. The topological polar surface area (TPSA) is 59.2 Å². The lowest BCUT2D eigenvalue weighted by Crippen LogP contribution is -2.48. The molecule has 7 heteroatoms. The van der Waals surface area contributed by atoms with Crippen LogP contribution in [0.4, 0.5) is 0 Å². The van der Waals surface area contributed by atoms with Crippen molar-refractivity contribution < 1.29 is 9.21 Å². The molecule has 2 aromatic rings. The maximum absolute atomic E-state index is 12.5. The van der Waals surface area contributed by atoms with Gasteiger partial charge in [0.15, 0.2) is 0 Å². The molecule has 24 heavy (non-hydrogen) atoms. The smallest absolute Gasteiger partial charge is 0.277 e. The summed E-state index contributed by atoms with van der Waals surface area (Å²) in [5.41, 5.74) is 0.849. The normalized spacial score (nSPS) is 21.0. The molecule has 128 valence electrons. The molecule has 5 nitrogen and oxygen atoms in total. The van der Waals surface area contributed by atoms with Gasteiger partial charge in [0.05, 0.1) is 11.3 Å². The lowest BCUT2D eigenvalue weighted by atomic mass is 9.98. The lowest BCUT2D eigenvalue weighted by Gasteiger charge is -2.39. The van der Waals surface area contributed by atoms with E-state index in [1.807, 2.05) is 29.2 Å². The number of likely N-dealkylation sites (tertiary alicyclic amines) is 1. The molecule has 2 heterocycles. The van der Waals surface area contributed by atoms with Crippen molar-refractivity contribution in [1.29, 1.82) is 0 Å². The quantitative estimate of drug-likeness (QED) is 0.701. The van der Waals surface area contributed by atoms with Gasteiger partial charge < -0.3 is 9.32 Å². The molecule has 1 aromatic heterocycles. The lowest BCUT2D eigenvalue weighted by molar-refractivity contribution is -0.134. The summed E-state index contributed by atoms with van der Waals surface area (Å²) in [5.74, 6) is 0.921. The molecule has 1 amide bonds. The number of amides is 1. The van der Waals surface area contributed by atoms with E-state index in [4.69, 9.17) is 4.42 Å². The molecule has 1 aliphatic heterocycles. The third kappa shape index (κ3) is 3.83. The number of benzene rings is 1. The highest BCUT2D eigenvalue weighted by molar-refractivity contribution is 9.10. The molecule has 1 fully saturated rings. The van der Waals surface area contributed by atoms with Crippen LogP contribution in [0.15, 0.2) is 38.4 Å². The molecule has 3 rings (SSSR count). The number of hydrogen-bond donors (Lipinski definition) is 0. The van der Waals surface area contributed by atoms with Crippen LogP contribution in [-0.2, 0) is 4.79 Å². The SMILES string of the molecule is C[C@@H]1CCC[C@@H](C)N1C(=O)CSc1nnc(-c2ccccc2Br)o1. The fourth-order valence-electron chi connectivity index (χ4n) is 3.12. The zero-order chi connectivity index (χ0) is 17.1. The van der Waals surface area contributed by atoms with Gasteiger partial charge in [-0.15, -0.1) is 10.2 Å². The van der Waals surface area contributed by atoms with Crippen molar-refractivity contribution >= 4 is 33.6 Å². The number of thioether (sulfide) groups is 1. The van der Waals surface area contributed by atoms with Gasteiger partial charge in [0.1, 0.15) is 0 Å². The second kappa shape index (κ2) is 7.70. The fourth-order valence-corrected chi connectivity index (χ4v) is 4.21. The Morgan fingerprint density at radius 2 is 2.00 bits per heavy atom. The van der Waals surface area contributed by atoms with Crippen molar-refractivity contribution in [2.45, 2.75) is 50.4 Å². The summed E-state index contributed by atoms with van der Waals surface area (Å²) in [6.45, 7) is 4.24. The number of nitrogens with zero attached hydrogens (tertiary/aromatic N) is 3. The van der Waals surface area contributed by atoms with Gasteiger partial charge in [-0.3, -0.25) is 4.79 Å². The van der Waals surface area contributed by atoms with E-state index in [-0.39, 0.29) is 5.91 Å². The van der Waals surface area contributed by atoms with Crippen molar-refractivity contribution in [2.75, 3.05) is 5.75 Å². The zero-order valence-electron chi connectivity index (χ0n) is 13.7. The van der Waals surface area contributed by atoms with Crippen molar-refractivity contribution in [3.63, 3.8) is 0 Å². The first-order valence-electron chi connectivity index (χ1n) is 8.08. The number of carbonyl (C=O) groups is 1. The molecule has 1 saturated heterocycles. The number of rotatable bonds is 4. The molecule has 0 unspecified atom stereocenters. The van der Waals surface area contributed by atoms with E-state index in [1.54, 1.807) is 0 Å². The van der Waals surface area contributed by atoms with Gasteiger partial charge in [-0.2, -0.15) is 0 Å².